The Morgan fingerprint density at radius 2 is 0.536 bits per heavy atom. The first kappa shape index (κ1) is 68.8. The van der Waals surface area contributed by atoms with Crippen LogP contribution >= 0.6 is 0 Å². The molecule has 5 aromatic rings. The zero-order valence-corrected chi connectivity index (χ0v) is 56.0. The van der Waals surface area contributed by atoms with Crippen LogP contribution < -0.4 is 0 Å². The average molecular weight is 1160 g/mol. The van der Waals surface area contributed by atoms with Gasteiger partial charge in [-0.15, -0.1) is 0 Å². The van der Waals surface area contributed by atoms with Crippen LogP contribution in [0.1, 0.15) is 163 Å². The number of quaternary nitrogens is 5. The topological polar surface area (TPSA) is 0 Å². The Morgan fingerprint density at radius 3 is 0.869 bits per heavy atom. The van der Waals surface area contributed by atoms with Crippen LogP contribution in [0.25, 0.3) is 0 Å². The van der Waals surface area contributed by atoms with Gasteiger partial charge in [-0.25, -0.2) is 13.2 Å². The highest BCUT2D eigenvalue weighted by Gasteiger charge is 2.45. The minimum Gasteiger partial charge on any atom is -0.330 e. The summed E-state index contributed by atoms with van der Waals surface area (Å²) < 4.78 is 45.4. The van der Waals surface area contributed by atoms with E-state index in [2.05, 4.69) is 172 Å². The molecule has 5 nitrogen and oxygen atoms in total. The Morgan fingerprint density at radius 1 is 0.262 bits per heavy atom. The number of hydrogen-bond acceptors (Lipinski definition) is 0. The van der Waals surface area contributed by atoms with Crippen molar-refractivity contribution in [1.82, 2.24) is 0 Å². The lowest BCUT2D eigenvalue weighted by Gasteiger charge is -2.42. The maximum Gasteiger partial charge on any atom is 0.127 e. The molecule has 5 saturated carbocycles. The molecule has 0 radical (unpaired) electrons. The summed E-state index contributed by atoms with van der Waals surface area (Å²) in [5, 5.41) is 0. The summed E-state index contributed by atoms with van der Waals surface area (Å²) in [4.78, 5) is 0. The van der Waals surface area contributed by atoms with Gasteiger partial charge in [0, 0.05) is 27.1 Å². The smallest absolute Gasteiger partial charge is 0.127 e. The van der Waals surface area contributed by atoms with Crippen molar-refractivity contribution in [2.75, 3.05) is 138 Å². The summed E-state index contributed by atoms with van der Waals surface area (Å²) in [5.74, 6) is -0.259. The Labute approximate surface area is 512 Å². The molecule has 0 aromatic heterocycles. The maximum absolute atomic E-state index is 14.1. The number of rotatable bonds is 15. The normalized spacial score (nSPS) is 19.7. The molecule has 0 bridgehead atoms. The monoisotopic (exact) mass is 1160 g/mol. The molecule has 0 amide bonds. The molecule has 5 aromatic carbocycles. The van der Waals surface area contributed by atoms with Crippen LogP contribution in [-0.2, 0) is 27.1 Å². The van der Waals surface area contributed by atoms with Crippen LogP contribution in [0.2, 0.25) is 0 Å². The highest BCUT2D eigenvalue weighted by atomic mass is 19.1. The van der Waals surface area contributed by atoms with Crippen LogP contribution in [0.3, 0.4) is 0 Å². The number of hydrogen-bond donors (Lipinski definition) is 0. The van der Waals surface area contributed by atoms with E-state index in [0.29, 0.717) is 10.8 Å². The van der Waals surface area contributed by atoms with Gasteiger partial charge in [0.15, 0.2) is 0 Å². The number of halogens is 3. The molecule has 84 heavy (non-hydrogen) atoms. The Balaban J connectivity index is 0.000000168. The predicted octanol–water partition coefficient (Wildman–Crippen LogP) is 16.8. The van der Waals surface area contributed by atoms with Crippen molar-refractivity contribution < 1.29 is 35.6 Å². The van der Waals surface area contributed by atoms with Crippen LogP contribution in [0, 0.1) is 17.5 Å². The van der Waals surface area contributed by atoms with Gasteiger partial charge in [-0.3, -0.25) is 0 Å². The standard InChI is InChI=1S/C16H26N.3C15H23FN.C15H24N/c1-17(2,3)14-16(12-8-5-9-13-16)15-10-6-4-7-11-15;1-17(2,3)12-15(10-4-5-11-15)13-6-8-14(16)9-7-13;1-17(2,3)12-15(9-4-5-10-15)13-7-6-8-14(16)11-13;1-17(2,3)12-15(10-6-7-11-15)13-8-4-5-9-14(13)16;1-16(2,3)13-15(11-7-8-12-15)14-9-5-4-6-10-14/h4,6-7,10-11H,5,8-9,12-14H2,1-3H3;6-9H,4-5,10-12H2,1-3H3;6-8,11H,4-5,9-10,12H2,1-3H3;4-5,8-9H,6-7,10-12H2,1-3H3;4-6,9-10H,7-8,11-13H2,1-3H3/q5*+1. The van der Waals surface area contributed by atoms with Gasteiger partial charge in [0.05, 0.1) is 138 Å². The van der Waals surface area contributed by atoms with Crippen molar-refractivity contribution >= 4 is 0 Å². The Kier molecular flexibility index (Phi) is 23.9. The number of likely N-dealkylation sites (N-methyl/N-ethyl adjacent to an activating group) is 5. The van der Waals surface area contributed by atoms with E-state index in [9.17, 15) is 13.2 Å². The van der Waals surface area contributed by atoms with E-state index < -0.39 is 0 Å². The summed E-state index contributed by atoms with van der Waals surface area (Å²) in [6.07, 6.45) is 27.2. The lowest BCUT2D eigenvalue weighted by Crippen LogP contribution is -2.48. The van der Waals surface area contributed by atoms with Gasteiger partial charge in [0.2, 0.25) is 0 Å². The fraction of sp³-hybridized carbons (Fsp3) is 0.605. The fourth-order valence-corrected chi connectivity index (χ4v) is 16.7. The van der Waals surface area contributed by atoms with E-state index in [1.807, 2.05) is 30.3 Å². The Bertz CT molecular complexity index is 2690. The van der Waals surface area contributed by atoms with Gasteiger partial charge in [-0.2, -0.15) is 0 Å². The molecule has 10 rings (SSSR count). The average Bonchev–Trinajstić information content (AvgIpc) is 3.52. The van der Waals surface area contributed by atoms with Crippen molar-refractivity contribution in [2.24, 2.45) is 0 Å². The second-order valence-electron chi connectivity index (χ2n) is 32.3. The highest BCUT2D eigenvalue weighted by Crippen LogP contribution is 2.46. The lowest BCUT2D eigenvalue weighted by atomic mass is 9.69. The zero-order chi connectivity index (χ0) is 61.6. The summed E-state index contributed by atoms with van der Waals surface area (Å²) in [5.41, 5.74) is 7.97. The number of nitrogens with zero attached hydrogens (tertiary/aromatic N) is 5. The van der Waals surface area contributed by atoms with E-state index in [4.69, 9.17) is 0 Å². The molecule has 0 unspecified atom stereocenters. The van der Waals surface area contributed by atoms with Gasteiger partial charge >= 0.3 is 0 Å². The van der Waals surface area contributed by atoms with Crippen molar-refractivity contribution in [2.45, 2.75) is 162 Å². The molecule has 0 aliphatic heterocycles. The lowest BCUT2D eigenvalue weighted by molar-refractivity contribution is -0.875. The summed E-state index contributed by atoms with van der Waals surface area (Å²) >= 11 is 0. The van der Waals surface area contributed by atoms with Crippen LogP contribution in [0.5, 0.6) is 0 Å². The summed E-state index contributed by atoms with van der Waals surface area (Å²) in [6, 6.07) is 44.1. The highest BCUT2D eigenvalue weighted by molar-refractivity contribution is 5.31. The third-order valence-electron chi connectivity index (χ3n) is 19.0. The van der Waals surface area contributed by atoms with Gasteiger partial charge < -0.3 is 22.4 Å². The Hall–Kier alpha value is -4.31. The molecule has 5 aliphatic rings. The predicted molar refractivity (Wildman–Crippen MR) is 352 cm³/mol. The molecule has 0 N–H and O–H groups in total. The SMILES string of the molecule is C[N+](C)(C)CC1(c2ccc(F)cc2)CCCC1.C[N+](C)(C)CC1(c2cccc(F)c2)CCCC1.C[N+](C)(C)CC1(c2ccccc2)CCCC1.C[N+](C)(C)CC1(c2ccccc2)CCCCC1.C[N+](C)(C)CC1(c2ccccc2F)CCCC1. The molecule has 5 aliphatic carbocycles. The number of benzene rings is 5. The minimum absolute atomic E-state index is 0.0251. The zero-order valence-electron chi connectivity index (χ0n) is 56.0. The summed E-state index contributed by atoms with van der Waals surface area (Å²) in [6.45, 7) is 5.77. The molecule has 8 heteroatoms. The quantitative estimate of drug-likeness (QED) is 0.0917. The van der Waals surface area contributed by atoms with Gasteiger partial charge in [0.25, 0.3) is 0 Å². The van der Waals surface area contributed by atoms with Gasteiger partial charge in [-0.05, 0) is 122 Å². The minimum atomic E-state index is -0.132. The van der Waals surface area contributed by atoms with Crippen LogP contribution in [0.4, 0.5) is 13.2 Å². The van der Waals surface area contributed by atoms with E-state index in [0.717, 1.165) is 60.5 Å². The van der Waals surface area contributed by atoms with Gasteiger partial charge in [0.1, 0.15) is 17.5 Å². The van der Waals surface area contributed by atoms with Crippen molar-refractivity contribution in [3.05, 3.63) is 179 Å². The molecule has 0 spiro atoms. The second-order valence-corrected chi connectivity index (χ2v) is 32.3. The van der Waals surface area contributed by atoms with Crippen LogP contribution in [0.15, 0.2) is 133 Å². The van der Waals surface area contributed by atoms with Crippen molar-refractivity contribution in [3.8, 4) is 0 Å². The first-order valence-electron chi connectivity index (χ1n) is 32.7. The molecule has 0 heterocycles. The molecular weight excluding hydrogens is 1040 g/mol. The van der Waals surface area contributed by atoms with Crippen molar-refractivity contribution in [3.63, 3.8) is 0 Å². The molecule has 5 fully saturated rings. The molecule has 0 saturated heterocycles. The molecule has 0 atom stereocenters. The first-order valence-corrected chi connectivity index (χ1v) is 32.7. The molecule has 464 valence electrons. The largest absolute Gasteiger partial charge is 0.330 e. The first-order chi connectivity index (χ1) is 39.3. The van der Waals surface area contributed by atoms with E-state index in [1.54, 1.807) is 41.5 Å². The fourth-order valence-electron chi connectivity index (χ4n) is 16.7. The van der Waals surface area contributed by atoms with Gasteiger partial charge in [-0.1, -0.05) is 174 Å². The van der Waals surface area contributed by atoms with Crippen LogP contribution in [-0.4, -0.2) is 161 Å². The molecular formula is C76H119F3N5+5. The second kappa shape index (κ2) is 29.1. The maximum atomic E-state index is 14.1. The summed E-state index contributed by atoms with van der Waals surface area (Å²) in [7, 11) is 33.9. The van der Waals surface area contributed by atoms with E-state index >= 15 is 0 Å². The van der Waals surface area contributed by atoms with E-state index in [1.165, 1.54) is 152 Å². The third-order valence-corrected chi connectivity index (χ3v) is 19.0. The van der Waals surface area contributed by atoms with Crippen molar-refractivity contribution in [1.29, 1.82) is 0 Å². The van der Waals surface area contributed by atoms with E-state index in [-0.39, 0.29) is 33.7 Å². The third kappa shape index (κ3) is 20.7.